The fourth-order valence-corrected chi connectivity index (χ4v) is 4.37. The molecule has 1 saturated carbocycles. The number of ether oxygens (including phenoxy) is 2. The van der Waals surface area contributed by atoms with Crippen LogP contribution in [-0.2, 0) is 27.4 Å². The Kier molecular flexibility index (Phi) is 6.25. The molecule has 1 aliphatic heterocycles. The number of carbonyl (C=O) groups excluding carboxylic acids is 1. The minimum Gasteiger partial charge on any atom is -0.385 e. The molecule has 3 aromatic rings. The molecular formula is C24H31N5O3. The van der Waals surface area contributed by atoms with Crippen LogP contribution in [0.2, 0.25) is 0 Å². The SMILES string of the molecule is COCCCn1nc(-n2cccc2)c2ccc(CN(C(=O)[C@H]3CNCCO3)C3CC3)cc21. The summed E-state index contributed by atoms with van der Waals surface area (Å²) in [5, 5.41) is 9.27. The van der Waals surface area contributed by atoms with Crippen LogP contribution in [0.1, 0.15) is 24.8 Å². The number of rotatable bonds is 9. The van der Waals surface area contributed by atoms with Gasteiger partial charge in [0.2, 0.25) is 0 Å². The number of aryl methyl sites for hydroxylation is 1. The average Bonchev–Trinajstić information content (AvgIpc) is 3.40. The van der Waals surface area contributed by atoms with Crippen molar-refractivity contribution in [3.63, 3.8) is 0 Å². The molecule has 2 aromatic heterocycles. The quantitative estimate of drug-likeness (QED) is 0.520. The summed E-state index contributed by atoms with van der Waals surface area (Å²) in [6.45, 7) is 4.06. The molecule has 0 unspecified atom stereocenters. The standard InChI is InChI=1S/C24H31N5O3/c1-31-13-4-12-29-21-15-18(5-8-20(21)23(26-29)27-10-2-3-11-27)17-28(19-6-7-19)24(30)22-16-25-9-14-32-22/h2-3,5,8,10-11,15,19,22,25H,4,6-7,9,12-14,16-17H2,1H3/t22-/m1/s1. The second-order valence-corrected chi connectivity index (χ2v) is 8.60. The third-order valence-corrected chi connectivity index (χ3v) is 6.19. The molecular weight excluding hydrogens is 406 g/mol. The van der Waals surface area contributed by atoms with E-state index in [0.717, 1.165) is 54.6 Å². The molecule has 1 saturated heterocycles. The minimum absolute atomic E-state index is 0.0985. The van der Waals surface area contributed by atoms with Gasteiger partial charge < -0.3 is 24.3 Å². The molecule has 1 amide bonds. The van der Waals surface area contributed by atoms with E-state index in [1.807, 2.05) is 34.0 Å². The molecule has 3 heterocycles. The van der Waals surface area contributed by atoms with Crippen molar-refractivity contribution in [3.05, 3.63) is 48.3 Å². The monoisotopic (exact) mass is 437 g/mol. The van der Waals surface area contributed by atoms with E-state index in [-0.39, 0.29) is 12.0 Å². The van der Waals surface area contributed by atoms with E-state index in [2.05, 4.69) is 28.2 Å². The van der Waals surface area contributed by atoms with E-state index in [9.17, 15) is 4.79 Å². The summed E-state index contributed by atoms with van der Waals surface area (Å²) < 4.78 is 15.1. The van der Waals surface area contributed by atoms with Crippen LogP contribution >= 0.6 is 0 Å². The molecule has 8 heteroatoms. The Labute approximate surface area is 188 Å². The van der Waals surface area contributed by atoms with Gasteiger partial charge in [-0.15, -0.1) is 0 Å². The molecule has 32 heavy (non-hydrogen) atoms. The number of hydrogen-bond acceptors (Lipinski definition) is 5. The van der Waals surface area contributed by atoms with Gasteiger partial charge in [-0.1, -0.05) is 6.07 Å². The summed E-state index contributed by atoms with van der Waals surface area (Å²) in [4.78, 5) is 15.2. The van der Waals surface area contributed by atoms with Gasteiger partial charge in [-0.05, 0) is 49.1 Å². The number of benzene rings is 1. The van der Waals surface area contributed by atoms with E-state index in [1.54, 1.807) is 7.11 Å². The predicted molar refractivity (Wildman–Crippen MR) is 122 cm³/mol. The van der Waals surface area contributed by atoms with E-state index in [1.165, 1.54) is 0 Å². The Morgan fingerprint density at radius 1 is 1.31 bits per heavy atom. The molecule has 1 atom stereocenters. The number of methoxy groups -OCH3 is 1. The third-order valence-electron chi connectivity index (χ3n) is 6.19. The Hall–Kier alpha value is -2.68. The number of aromatic nitrogens is 3. The van der Waals surface area contributed by atoms with Gasteiger partial charge >= 0.3 is 0 Å². The molecule has 2 fully saturated rings. The Morgan fingerprint density at radius 3 is 2.88 bits per heavy atom. The van der Waals surface area contributed by atoms with Crippen molar-refractivity contribution in [1.82, 2.24) is 24.6 Å². The first-order valence-electron chi connectivity index (χ1n) is 11.5. The lowest BCUT2D eigenvalue weighted by atomic mass is 10.1. The minimum atomic E-state index is -0.381. The topological polar surface area (TPSA) is 73.5 Å². The maximum atomic E-state index is 13.2. The van der Waals surface area contributed by atoms with Crippen molar-refractivity contribution in [2.45, 2.75) is 44.5 Å². The van der Waals surface area contributed by atoms with Crippen LogP contribution in [-0.4, -0.2) is 70.7 Å². The van der Waals surface area contributed by atoms with Gasteiger partial charge in [-0.25, -0.2) is 0 Å². The van der Waals surface area contributed by atoms with Gasteiger partial charge in [0.1, 0.15) is 6.10 Å². The predicted octanol–water partition coefficient (Wildman–Crippen LogP) is 2.34. The summed E-state index contributed by atoms with van der Waals surface area (Å²) in [5.41, 5.74) is 2.20. The van der Waals surface area contributed by atoms with Crippen molar-refractivity contribution in [1.29, 1.82) is 0 Å². The molecule has 170 valence electrons. The first kappa shape index (κ1) is 21.2. The Bertz CT molecular complexity index is 1050. The lowest BCUT2D eigenvalue weighted by Crippen LogP contribution is -2.49. The normalized spacial score (nSPS) is 18.8. The van der Waals surface area contributed by atoms with Gasteiger partial charge in [0.05, 0.1) is 12.1 Å². The second-order valence-electron chi connectivity index (χ2n) is 8.60. The number of nitrogens with zero attached hydrogens (tertiary/aromatic N) is 4. The van der Waals surface area contributed by atoms with Gasteiger partial charge in [0.25, 0.3) is 5.91 Å². The number of fused-ring (bicyclic) bond motifs is 1. The Balaban J connectivity index is 1.43. The first-order valence-corrected chi connectivity index (χ1v) is 11.5. The van der Waals surface area contributed by atoms with E-state index >= 15 is 0 Å². The zero-order chi connectivity index (χ0) is 21.9. The molecule has 8 nitrogen and oxygen atoms in total. The highest BCUT2D eigenvalue weighted by molar-refractivity contribution is 5.87. The van der Waals surface area contributed by atoms with Crippen LogP contribution in [0.15, 0.2) is 42.7 Å². The number of nitrogens with one attached hydrogen (secondary N) is 1. The van der Waals surface area contributed by atoms with Crippen molar-refractivity contribution < 1.29 is 14.3 Å². The smallest absolute Gasteiger partial charge is 0.253 e. The van der Waals surface area contributed by atoms with Gasteiger partial charge in [0, 0.05) is 63.7 Å². The van der Waals surface area contributed by atoms with Gasteiger partial charge in [-0.2, -0.15) is 5.10 Å². The second kappa shape index (κ2) is 9.44. The highest BCUT2D eigenvalue weighted by Crippen LogP contribution is 2.31. The summed E-state index contributed by atoms with van der Waals surface area (Å²) in [6, 6.07) is 10.8. The zero-order valence-electron chi connectivity index (χ0n) is 18.6. The number of morpholine rings is 1. The lowest BCUT2D eigenvalue weighted by molar-refractivity contribution is -0.146. The molecule has 1 aromatic carbocycles. The van der Waals surface area contributed by atoms with Gasteiger partial charge in [0.15, 0.2) is 5.82 Å². The average molecular weight is 438 g/mol. The molecule has 0 bridgehead atoms. The van der Waals surface area contributed by atoms with Gasteiger partial charge in [-0.3, -0.25) is 9.48 Å². The fourth-order valence-electron chi connectivity index (χ4n) is 4.37. The van der Waals surface area contributed by atoms with Crippen molar-refractivity contribution >= 4 is 16.8 Å². The van der Waals surface area contributed by atoms with Crippen molar-refractivity contribution in [3.8, 4) is 5.82 Å². The van der Waals surface area contributed by atoms with Crippen LogP contribution in [0.3, 0.4) is 0 Å². The highest BCUT2D eigenvalue weighted by Gasteiger charge is 2.36. The van der Waals surface area contributed by atoms with Crippen LogP contribution < -0.4 is 5.32 Å². The molecule has 0 radical (unpaired) electrons. The zero-order valence-corrected chi connectivity index (χ0v) is 18.6. The summed E-state index contributed by atoms with van der Waals surface area (Å²) in [6.07, 6.45) is 6.68. The third kappa shape index (κ3) is 4.44. The van der Waals surface area contributed by atoms with Crippen LogP contribution in [0.5, 0.6) is 0 Å². The largest absolute Gasteiger partial charge is 0.385 e. The van der Waals surface area contributed by atoms with Crippen LogP contribution in [0.4, 0.5) is 0 Å². The van der Waals surface area contributed by atoms with Crippen molar-refractivity contribution in [2.24, 2.45) is 0 Å². The number of hydrogen-bond donors (Lipinski definition) is 1. The summed E-state index contributed by atoms with van der Waals surface area (Å²) >= 11 is 0. The fraction of sp³-hybridized carbons (Fsp3) is 0.500. The summed E-state index contributed by atoms with van der Waals surface area (Å²) in [5.74, 6) is 1.02. The number of carbonyl (C=O) groups is 1. The Morgan fingerprint density at radius 2 is 2.16 bits per heavy atom. The first-order chi connectivity index (χ1) is 15.7. The summed E-state index contributed by atoms with van der Waals surface area (Å²) in [7, 11) is 1.72. The maximum absolute atomic E-state index is 13.2. The van der Waals surface area contributed by atoms with E-state index in [0.29, 0.717) is 32.3 Å². The lowest BCUT2D eigenvalue weighted by Gasteiger charge is -2.30. The molecule has 1 N–H and O–H groups in total. The van der Waals surface area contributed by atoms with E-state index in [4.69, 9.17) is 14.6 Å². The number of amides is 1. The molecule has 2 aliphatic rings. The molecule has 0 spiro atoms. The molecule has 1 aliphatic carbocycles. The van der Waals surface area contributed by atoms with E-state index < -0.39 is 0 Å². The maximum Gasteiger partial charge on any atom is 0.253 e. The van der Waals surface area contributed by atoms with Crippen LogP contribution in [0.25, 0.3) is 16.7 Å². The van der Waals surface area contributed by atoms with Crippen molar-refractivity contribution in [2.75, 3.05) is 33.4 Å². The van der Waals surface area contributed by atoms with Crippen LogP contribution in [0, 0.1) is 0 Å². The molecule has 5 rings (SSSR count). The highest BCUT2D eigenvalue weighted by atomic mass is 16.5.